The fraction of sp³-hybridized carbons (Fsp3) is 0.318. The fourth-order valence-corrected chi connectivity index (χ4v) is 4.73. The van der Waals surface area contributed by atoms with Crippen molar-refractivity contribution in [3.8, 4) is 11.3 Å². The second kappa shape index (κ2) is 8.26. The molecule has 1 saturated heterocycles. The molecule has 9 heteroatoms. The molecule has 1 aliphatic heterocycles. The molecule has 5 rings (SSSR count). The van der Waals surface area contributed by atoms with Crippen LogP contribution < -0.4 is 5.32 Å². The Balaban J connectivity index is 1.43. The van der Waals surface area contributed by atoms with Gasteiger partial charge in [-0.3, -0.25) is 14.1 Å². The van der Waals surface area contributed by atoms with Gasteiger partial charge in [0.05, 0.1) is 30.3 Å². The minimum absolute atomic E-state index is 0.238. The molecule has 1 N–H and O–H groups in total. The minimum atomic E-state index is -0.238. The highest BCUT2D eigenvalue weighted by molar-refractivity contribution is 7.15. The van der Waals surface area contributed by atoms with Crippen molar-refractivity contribution in [2.75, 3.05) is 31.6 Å². The number of hydrogen-bond donors (Lipinski definition) is 1. The highest BCUT2D eigenvalue weighted by Crippen LogP contribution is 2.30. The molecule has 0 spiro atoms. The third-order valence-electron chi connectivity index (χ3n) is 5.48. The summed E-state index contributed by atoms with van der Waals surface area (Å²) in [5.74, 6) is 0.264. The first-order chi connectivity index (χ1) is 15.1. The summed E-state index contributed by atoms with van der Waals surface area (Å²) < 4.78 is 12.7. The van der Waals surface area contributed by atoms with Crippen molar-refractivity contribution in [2.45, 2.75) is 20.4 Å². The van der Waals surface area contributed by atoms with Crippen LogP contribution in [0, 0.1) is 13.8 Å². The van der Waals surface area contributed by atoms with Crippen LogP contribution in [-0.2, 0) is 11.3 Å². The number of ether oxygens (including phenoxy) is 1. The van der Waals surface area contributed by atoms with E-state index in [1.54, 1.807) is 25.2 Å². The molecule has 1 aromatic carbocycles. The highest BCUT2D eigenvalue weighted by atomic mass is 32.1. The lowest BCUT2D eigenvalue weighted by molar-refractivity contribution is 0.0336. The number of carbonyl (C=O) groups is 1. The third-order valence-corrected chi connectivity index (χ3v) is 6.37. The number of rotatable bonds is 5. The van der Waals surface area contributed by atoms with Crippen LogP contribution in [0.2, 0.25) is 0 Å². The van der Waals surface area contributed by atoms with E-state index in [-0.39, 0.29) is 5.91 Å². The number of hydrogen-bond acceptors (Lipinski definition) is 7. The molecular weight excluding hydrogens is 414 g/mol. The topological polar surface area (TPSA) is 84.9 Å². The monoisotopic (exact) mass is 437 g/mol. The molecule has 0 bridgehead atoms. The van der Waals surface area contributed by atoms with Gasteiger partial charge in [-0.2, -0.15) is 0 Å². The number of carbonyl (C=O) groups excluding carboxylic acids is 1. The Hall–Kier alpha value is -3.01. The maximum Gasteiger partial charge on any atom is 0.261 e. The predicted molar refractivity (Wildman–Crippen MR) is 119 cm³/mol. The van der Waals surface area contributed by atoms with Crippen molar-refractivity contribution in [1.29, 1.82) is 0 Å². The smallest absolute Gasteiger partial charge is 0.261 e. The van der Waals surface area contributed by atoms with E-state index in [4.69, 9.17) is 14.2 Å². The van der Waals surface area contributed by atoms with Gasteiger partial charge in [-0.25, -0.2) is 4.98 Å². The summed E-state index contributed by atoms with van der Waals surface area (Å²) >= 11 is 1.63. The summed E-state index contributed by atoms with van der Waals surface area (Å²) in [5, 5.41) is 9.04. The van der Waals surface area contributed by atoms with Crippen molar-refractivity contribution in [2.24, 2.45) is 0 Å². The first kappa shape index (κ1) is 19.9. The number of amides is 1. The Morgan fingerprint density at radius 3 is 2.81 bits per heavy atom. The summed E-state index contributed by atoms with van der Waals surface area (Å²) in [6.07, 6.45) is 2.04. The van der Waals surface area contributed by atoms with E-state index in [0.717, 1.165) is 49.1 Å². The molecule has 3 aromatic heterocycles. The number of morpholine rings is 1. The van der Waals surface area contributed by atoms with E-state index in [0.29, 0.717) is 22.7 Å². The zero-order valence-electron chi connectivity index (χ0n) is 17.4. The van der Waals surface area contributed by atoms with Crippen molar-refractivity contribution in [3.63, 3.8) is 0 Å². The van der Waals surface area contributed by atoms with Gasteiger partial charge in [-0.1, -0.05) is 23.4 Å². The van der Waals surface area contributed by atoms with Crippen LogP contribution >= 0.6 is 11.3 Å². The maximum atomic E-state index is 12.8. The van der Waals surface area contributed by atoms with Crippen LogP contribution in [0.15, 0.2) is 40.4 Å². The lowest BCUT2D eigenvalue weighted by atomic mass is 10.1. The number of imidazole rings is 1. The van der Waals surface area contributed by atoms with Crippen LogP contribution in [0.1, 0.15) is 27.5 Å². The zero-order valence-corrected chi connectivity index (χ0v) is 18.2. The number of aromatic nitrogens is 3. The molecule has 31 heavy (non-hydrogen) atoms. The van der Waals surface area contributed by atoms with Crippen LogP contribution in [0.4, 0.5) is 5.69 Å². The first-order valence-corrected chi connectivity index (χ1v) is 11.1. The van der Waals surface area contributed by atoms with E-state index in [1.807, 2.05) is 30.5 Å². The number of anilines is 1. The highest BCUT2D eigenvalue weighted by Gasteiger charge is 2.20. The predicted octanol–water partition coefficient (Wildman–Crippen LogP) is 3.75. The summed E-state index contributed by atoms with van der Waals surface area (Å²) in [6, 6.07) is 7.70. The Bertz CT molecular complexity index is 1220. The quantitative estimate of drug-likeness (QED) is 0.512. The normalized spacial score (nSPS) is 14.9. The Kier molecular flexibility index (Phi) is 5.31. The van der Waals surface area contributed by atoms with Gasteiger partial charge in [0.1, 0.15) is 11.3 Å². The molecule has 0 atom stereocenters. The number of aryl methyl sites for hydroxylation is 2. The lowest BCUT2D eigenvalue weighted by Crippen LogP contribution is -2.35. The van der Waals surface area contributed by atoms with E-state index in [9.17, 15) is 4.79 Å². The average Bonchev–Trinajstić information content (AvgIpc) is 3.45. The summed E-state index contributed by atoms with van der Waals surface area (Å²) in [6.45, 7) is 7.80. The Morgan fingerprint density at radius 2 is 2.03 bits per heavy atom. The van der Waals surface area contributed by atoms with Crippen molar-refractivity contribution >= 4 is 27.9 Å². The standard InChI is InChI=1S/C22H23N5O3S/c1-14-20(15(2)30-25-14)21(28)23-18-6-4-3-5-17(18)19-12-27-16(13-31-22(27)24-19)11-26-7-9-29-10-8-26/h3-6,12-13H,7-11H2,1-2H3,(H,23,28). The maximum absolute atomic E-state index is 12.8. The molecule has 4 aromatic rings. The van der Waals surface area contributed by atoms with E-state index in [2.05, 4.69) is 25.2 Å². The van der Waals surface area contributed by atoms with E-state index >= 15 is 0 Å². The summed E-state index contributed by atoms with van der Waals surface area (Å²) in [5.41, 5.74) is 4.64. The zero-order chi connectivity index (χ0) is 21.4. The van der Waals surface area contributed by atoms with Gasteiger partial charge >= 0.3 is 0 Å². The molecule has 0 unspecified atom stereocenters. The van der Waals surface area contributed by atoms with Crippen LogP contribution in [0.5, 0.6) is 0 Å². The van der Waals surface area contributed by atoms with Gasteiger partial charge < -0.3 is 14.6 Å². The third kappa shape index (κ3) is 3.87. The largest absolute Gasteiger partial charge is 0.379 e. The summed E-state index contributed by atoms with van der Waals surface area (Å²) in [4.78, 5) is 21.0. The number of benzene rings is 1. The minimum Gasteiger partial charge on any atom is -0.379 e. The second-order valence-corrected chi connectivity index (χ2v) is 8.43. The number of fused-ring (bicyclic) bond motifs is 1. The first-order valence-electron chi connectivity index (χ1n) is 10.2. The Morgan fingerprint density at radius 1 is 1.23 bits per heavy atom. The second-order valence-electron chi connectivity index (χ2n) is 7.59. The molecule has 1 amide bonds. The van der Waals surface area contributed by atoms with Gasteiger partial charge in [0, 0.05) is 42.5 Å². The molecule has 8 nitrogen and oxygen atoms in total. The molecule has 160 valence electrons. The van der Waals surface area contributed by atoms with Gasteiger partial charge in [-0.05, 0) is 19.9 Å². The van der Waals surface area contributed by atoms with Crippen LogP contribution in [0.3, 0.4) is 0 Å². The van der Waals surface area contributed by atoms with E-state index in [1.165, 1.54) is 5.69 Å². The average molecular weight is 438 g/mol. The number of thiazole rings is 1. The van der Waals surface area contributed by atoms with Crippen LogP contribution in [-0.4, -0.2) is 51.7 Å². The van der Waals surface area contributed by atoms with Crippen molar-refractivity contribution in [3.05, 3.63) is 58.6 Å². The number of nitrogens with zero attached hydrogens (tertiary/aromatic N) is 4. The molecule has 0 aliphatic carbocycles. The molecule has 1 aliphatic rings. The molecule has 4 heterocycles. The molecule has 0 saturated carbocycles. The molecule has 1 fully saturated rings. The van der Waals surface area contributed by atoms with Crippen molar-refractivity contribution < 1.29 is 14.1 Å². The number of nitrogens with one attached hydrogen (secondary N) is 1. The van der Waals surface area contributed by atoms with Crippen LogP contribution in [0.25, 0.3) is 16.2 Å². The van der Waals surface area contributed by atoms with Crippen molar-refractivity contribution in [1.82, 2.24) is 19.4 Å². The Labute approximate surface area is 183 Å². The van der Waals surface area contributed by atoms with Gasteiger partial charge in [0.15, 0.2) is 4.96 Å². The number of para-hydroxylation sites is 1. The summed E-state index contributed by atoms with van der Waals surface area (Å²) in [7, 11) is 0. The fourth-order valence-electron chi connectivity index (χ4n) is 3.87. The lowest BCUT2D eigenvalue weighted by Gasteiger charge is -2.26. The SMILES string of the molecule is Cc1noc(C)c1C(=O)Nc1ccccc1-c1cn2c(CN3CCOCC3)csc2n1. The molecular formula is C22H23N5O3S. The molecule has 0 radical (unpaired) electrons. The van der Waals surface area contributed by atoms with Gasteiger partial charge in [0.25, 0.3) is 5.91 Å². The van der Waals surface area contributed by atoms with Gasteiger partial charge in [0.2, 0.25) is 0 Å². The van der Waals surface area contributed by atoms with E-state index < -0.39 is 0 Å². The van der Waals surface area contributed by atoms with Gasteiger partial charge in [-0.15, -0.1) is 11.3 Å².